The smallest absolute Gasteiger partial charge is 0.335 e. The fourth-order valence-electron chi connectivity index (χ4n) is 5.69. The Labute approximate surface area is 324 Å². The highest BCUT2D eigenvalue weighted by molar-refractivity contribution is 7.19. The number of nitrogens with zero attached hydrogens (tertiary/aromatic N) is 4. The van der Waals surface area contributed by atoms with Crippen molar-refractivity contribution in [2.75, 3.05) is 26.2 Å². The summed E-state index contributed by atoms with van der Waals surface area (Å²) in [5.74, 6) is -5.17. The number of carbonyl (C=O) groups is 3. The molecule has 16 heteroatoms. The summed E-state index contributed by atoms with van der Waals surface area (Å²) >= 11 is 7.65. The Morgan fingerprint density at radius 1 is 0.855 bits per heavy atom. The molecule has 0 radical (unpaired) electrons. The number of aliphatic carboxylic acids is 2. The molecule has 5 aromatic rings. The molecule has 2 aromatic heterocycles. The van der Waals surface area contributed by atoms with E-state index >= 15 is 0 Å². The minimum atomic E-state index is -2.27. The lowest BCUT2D eigenvalue weighted by atomic mass is 10.1. The number of carboxylic acid groups (broad SMARTS) is 2. The Kier molecular flexibility index (Phi) is 15.5. The van der Waals surface area contributed by atoms with Gasteiger partial charge in [0.1, 0.15) is 12.4 Å². The van der Waals surface area contributed by atoms with Gasteiger partial charge in [-0.3, -0.25) is 9.59 Å². The number of rotatable bonds is 16. The summed E-state index contributed by atoms with van der Waals surface area (Å²) in [7, 11) is 0. The lowest BCUT2D eigenvalue weighted by Crippen LogP contribution is -2.40. The maximum atomic E-state index is 14.5. The summed E-state index contributed by atoms with van der Waals surface area (Å²) in [4.78, 5) is 56.1. The van der Waals surface area contributed by atoms with Crippen LogP contribution in [0.3, 0.4) is 0 Å². The summed E-state index contributed by atoms with van der Waals surface area (Å²) in [6, 6.07) is 23.0. The number of amides is 1. The van der Waals surface area contributed by atoms with Crippen LogP contribution in [0.4, 0.5) is 8.78 Å². The first-order chi connectivity index (χ1) is 26.2. The Morgan fingerprint density at radius 2 is 1.51 bits per heavy atom. The number of hydrogen-bond acceptors (Lipinski definition) is 9. The van der Waals surface area contributed by atoms with Gasteiger partial charge < -0.3 is 34.8 Å². The van der Waals surface area contributed by atoms with E-state index in [4.69, 9.17) is 32.0 Å². The predicted octanol–water partition coefficient (Wildman–Crippen LogP) is 5.09. The summed E-state index contributed by atoms with van der Waals surface area (Å²) in [6.07, 6.45) is -4.26. The number of aryl methyl sites for hydroxylation is 2. The van der Waals surface area contributed by atoms with Crippen molar-refractivity contribution < 1.29 is 43.6 Å². The number of carboxylic acids is 2. The highest BCUT2D eigenvalue weighted by Crippen LogP contribution is 2.31. The lowest BCUT2D eigenvalue weighted by Gasteiger charge is -2.28. The van der Waals surface area contributed by atoms with Crippen molar-refractivity contribution in [3.05, 3.63) is 122 Å². The van der Waals surface area contributed by atoms with Crippen LogP contribution in [0.1, 0.15) is 30.8 Å². The number of thiophene rings is 1. The minimum Gasteiger partial charge on any atom is -0.479 e. The van der Waals surface area contributed by atoms with Crippen LogP contribution in [0.15, 0.2) is 83.7 Å². The Morgan fingerprint density at radius 3 is 2.11 bits per heavy atom. The molecule has 0 aliphatic carbocycles. The molecule has 4 N–H and O–H groups in total. The topological polar surface area (TPSA) is 174 Å². The van der Waals surface area contributed by atoms with Gasteiger partial charge in [0.05, 0.1) is 15.2 Å². The largest absolute Gasteiger partial charge is 0.479 e. The summed E-state index contributed by atoms with van der Waals surface area (Å²) in [5, 5.41) is 32.9. The number of hydrogen-bond donors (Lipinski definition) is 4. The Balaban J connectivity index is 0.000000592. The number of carbonyl (C=O) groups excluding carboxylic acids is 1. The van der Waals surface area contributed by atoms with Crippen LogP contribution < -0.4 is 5.56 Å². The normalized spacial score (nSPS) is 12.2. The molecule has 55 heavy (non-hydrogen) atoms. The Hall–Kier alpha value is -5.06. The molecule has 3 aromatic carbocycles. The quantitative estimate of drug-likeness (QED) is 0.105. The summed E-state index contributed by atoms with van der Waals surface area (Å²) < 4.78 is 30.8. The number of halogens is 3. The molecule has 0 bridgehead atoms. The van der Waals surface area contributed by atoms with Gasteiger partial charge in [0, 0.05) is 30.9 Å². The maximum absolute atomic E-state index is 14.5. The van der Waals surface area contributed by atoms with Crippen molar-refractivity contribution >= 4 is 51.7 Å². The molecule has 2 atom stereocenters. The van der Waals surface area contributed by atoms with E-state index in [1.807, 2.05) is 41.3 Å². The summed E-state index contributed by atoms with van der Waals surface area (Å²) in [5.41, 5.74) is 2.38. The number of benzene rings is 3. The second kappa shape index (κ2) is 20.0. The molecule has 0 spiro atoms. The van der Waals surface area contributed by atoms with E-state index in [2.05, 4.69) is 23.7 Å². The van der Waals surface area contributed by atoms with Crippen molar-refractivity contribution in [1.82, 2.24) is 19.4 Å². The molecule has 2 unspecified atom stereocenters. The van der Waals surface area contributed by atoms with E-state index in [-0.39, 0.29) is 30.9 Å². The lowest BCUT2D eigenvalue weighted by molar-refractivity contribution is -0.165. The monoisotopic (exact) mass is 798 g/mol. The zero-order chi connectivity index (χ0) is 40.2. The number of aliphatic hydroxyl groups is 2. The van der Waals surface area contributed by atoms with Crippen LogP contribution in [-0.4, -0.2) is 96.0 Å². The average molecular weight is 799 g/mol. The van der Waals surface area contributed by atoms with Crippen LogP contribution in [0.25, 0.3) is 21.3 Å². The van der Waals surface area contributed by atoms with E-state index in [0.717, 1.165) is 39.5 Å². The zero-order valence-corrected chi connectivity index (χ0v) is 31.6. The molecule has 2 heterocycles. The van der Waals surface area contributed by atoms with Gasteiger partial charge in [-0.25, -0.2) is 18.4 Å². The van der Waals surface area contributed by atoms with Crippen molar-refractivity contribution in [3.63, 3.8) is 0 Å². The molecule has 0 fully saturated rings. The molecule has 0 aliphatic rings. The van der Waals surface area contributed by atoms with Gasteiger partial charge in [-0.05, 0) is 66.5 Å². The average Bonchev–Trinajstić information content (AvgIpc) is 3.62. The molecule has 1 amide bonds. The predicted molar refractivity (Wildman–Crippen MR) is 205 cm³/mol. The standard InChI is InChI=1S/C35H35ClF2N4O2S.C4H6O6/c1-3-40(4-2)20-21-41(22-24-12-14-25(15-13-24)30-17-18-31(36)45-30)33(43)23-42-29-11-6-5-9-27(29)35(44)39-32(42)19-16-26-8-7-10-28(37)34(26)38;5-1(3(7)8)2(6)4(9)10/h5-15,17-18H,3-4,16,19-23H2,1-2H3;1-2,5-6H,(H,7,8)(H,9,10). The highest BCUT2D eigenvalue weighted by atomic mass is 35.5. The van der Waals surface area contributed by atoms with Crippen LogP contribution in [0.5, 0.6) is 0 Å². The SMILES string of the molecule is CCN(CC)CCN(Cc1ccc(-c2ccc(Cl)s2)cc1)C(=O)Cn1c(CCc2cccc(F)c2F)nc(=O)c2ccccc21.O=C(O)C(O)C(O)C(=O)O. The highest BCUT2D eigenvalue weighted by Gasteiger charge is 2.29. The third-order valence-corrected chi connectivity index (χ3v) is 10.1. The van der Waals surface area contributed by atoms with Gasteiger partial charge >= 0.3 is 11.9 Å². The number of para-hydroxylation sites is 1. The molecule has 0 saturated carbocycles. The van der Waals surface area contributed by atoms with E-state index in [9.17, 15) is 28.0 Å². The number of fused-ring (bicyclic) bond motifs is 1. The number of aliphatic hydroxyl groups excluding tert-OH is 2. The maximum Gasteiger partial charge on any atom is 0.335 e. The van der Waals surface area contributed by atoms with Crippen molar-refractivity contribution in [1.29, 1.82) is 0 Å². The molecule has 5 rings (SSSR count). The molecule has 0 aliphatic heterocycles. The fourth-order valence-corrected chi connectivity index (χ4v) is 6.73. The first-order valence-electron chi connectivity index (χ1n) is 17.3. The van der Waals surface area contributed by atoms with Crippen LogP contribution in [0, 0.1) is 11.6 Å². The van der Waals surface area contributed by atoms with Gasteiger partial charge in [-0.15, -0.1) is 11.3 Å². The third-order valence-electron chi connectivity index (χ3n) is 8.83. The van der Waals surface area contributed by atoms with Gasteiger partial charge in [0.15, 0.2) is 23.8 Å². The molecular formula is C39H41ClF2N4O8S. The first-order valence-corrected chi connectivity index (χ1v) is 18.5. The van der Waals surface area contributed by atoms with E-state index in [1.54, 1.807) is 28.8 Å². The summed E-state index contributed by atoms with van der Waals surface area (Å²) in [6.45, 7) is 7.49. The van der Waals surface area contributed by atoms with Gasteiger partial charge in [-0.2, -0.15) is 4.98 Å². The fraction of sp³-hybridized carbons (Fsp3) is 0.308. The van der Waals surface area contributed by atoms with Gasteiger partial charge in [-0.1, -0.05) is 74.0 Å². The van der Waals surface area contributed by atoms with Crippen molar-refractivity contribution in [2.24, 2.45) is 0 Å². The second-order valence-corrected chi connectivity index (χ2v) is 14.1. The van der Waals surface area contributed by atoms with Crippen LogP contribution >= 0.6 is 22.9 Å². The third kappa shape index (κ3) is 11.5. The Bertz CT molecular complexity index is 2140. The van der Waals surface area contributed by atoms with E-state index in [1.165, 1.54) is 23.5 Å². The first kappa shape index (κ1) is 42.7. The zero-order valence-electron chi connectivity index (χ0n) is 30.1. The van der Waals surface area contributed by atoms with Crippen molar-refractivity contribution in [3.8, 4) is 10.4 Å². The van der Waals surface area contributed by atoms with Gasteiger partial charge in [0.25, 0.3) is 5.56 Å². The number of likely N-dealkylation sites (N-methyl/N-ethyl adjacent to an activating group) is 1. The molecule has 292 valence electrons. The molecule has 12 nitrogen and oxygen atoms in total. The van der Waals surface area contributed by atoms with Crippen LogP contribution in [0.2, 0.25) is 4.34 Å². The minimum absolute atomic E-state index is 0.0568. The number of aromatic nitrogens is 2. The van der Waals surface area contributed by atoms with Gasteiger partial charge in [0.2, 0.25) is 5.91 Å². The van der Waals surface area contributed by atoms with E-state index in [0.29, 0.717) is 36.4 Å². The van der Waals surface area contributed by atoms with Crippen molar-refractivity contribution in [2.45, 2.75) is 52.0 Å². The van der Waals surface area contributed by atoms with E-state index < -0.39 is 41.3 Å². The second-order valence-electron chi connectivity index (χ2n) is 12.4. The molecular weight excluding hydrogens is 758 g/mol. The van der Waals surface area contributed by atoms with Crippen LogP contribution in [-0.2, 0) is 40.3 Å². The molecule has 0 saturated heterocycles.